The van der Waals surface area contributed by atoms with Crippen LogP contribution in [0, 0.1) is 29.6 Å². The fraction of sp³-hybridized carbons (Fsp3) is 0.828. The molecule has 0 aliphatic heterocycles. The first-order valence-corrected chi connectivity index (χ1v) is 14.8. The molecule has 9 atom stereocenters. The maximum absolute atomic E-state index is 13.5. The minimum Gasteiger partial charge on any atom is -0.480 e. The van der Waals surface area contributed by atoms with Crippen molar-refractivity contribution < 1.29 is 29.1 Å². The quantitative estimate of drug-likeness (QED) is 0.146. The van der Waals surface area contributed by atoms with Gasteiger partial charge in [0.25, 0.3) is 0 Å². The Balaban J connectivity index is 5.94. The highest BCUT2D eigenvalue weighted by molar-refractivity contribution is 5.95. The van der Waals surface area contributed by atoms with Crippen LogP contribution in [-0.4, -0.2) is 64.9 Å². The third-order valence-corrected chi connectivity index (χ3v) is 8.17. The molecule has 0 fully saturated rings. The summed E-state index contributed by atoms with van der Waals surface area (Å²) < 4.78 is 0. The van der Waals surface area contributed by atoms with Crippen LogP contribution in [0.5, 0.6) is 0 Å². The molecule has 0 spiro atoms. The third-order valence-electron chi connectivity index (χ3n) is 8.17. The first kappa shape index (κ1) is 37.3. The number of carboxylic acid groups (broad SMARTS) is 1. The van der Waals surface area contributed by atoms with E-state index in [4.69, 9.17) is 5.73 Å². The van der Waals surface area contributed by atoms with Crippen LogP contribution in [0.1, 0.15) is 94.9 Å². The lowest BCUT2D eigenvalue weighted by Crippen LogP contribution is -2.62. The molecule has 0 aliphatic rings. The Kier molecular flexibility index (Phi) is 16.7. The van der Waals surface area contributed by atoms with E-state index in [1.807, 2.05) is 41.5 Å². The lowest BCUT2D eigenvalue weighted by atomic mass is 9.93. The number of carbonyl (C=O) groups is 5. The van der Waals surface area contributed by atoms with Gasteiger partial charge in [-0.2, -0.15) is 0 Å². The van der Waals surface area contributed by atoms with Gasteiger partial charge in [0, 0.05) is 0 Å². The van der Waals surface area contributed by atoms with Crippen molar-refractivity contribution in [1.29, 1.82) is 0 Å². The lowest BCUT2D eigenvalue weighted by Gasteiger charge is -2.32. The van der Waals surface area contributed by atoms with E-state index < -0.39 is 59.8 Å². The molecule has 0 saturated carbocycles. The predicted octanol–water partition coefficient (Wildman–Crippen LogP) is 2.18. The number of carboxylic acids is 1. The van der Waals surface area contributed by atoms with Crippen LogP contribution < -0.4 is 27.0 Å². The molecule has 11 nitrogen and oxygen atoms in total. The number of amides is 4. The van der Waals surface area contributed by atoms with E-state index in [1.54, 1.807) is 27.7 Å². The molecule has 0 heterocycles. The molecule has 0 bridgehead atoms. The monoisotopic (exact) mass is 569 g/mol. The van der Waals surface area contributed by atoms with E-state index in [-0.39, 0.29) is 29.6 Å². The van der Waals surface area contributed by atoms with Crippen LogP contribution in [-0.2, 0) is 24.0 Å². The van der Waals surface area contributed by atoms with Gasteiger partial charge in [0.05, 0.1) is 6.04 Å². The molecule has 0 aromatic heterocycles. The van der Waals surface area contributed by atoms with Crippen molar-refractivity contribution in [2.24, 2.45) is 35.3 Å². The van der Waals surface area contributed by atoms with Crippen molar-refractivity contribution in [2.45, 2.75) is 125 Å². The fourth-order valence-electron chi connectivity index (χ4n) is 4.11. The van der Waals surface area contributed by atoms with E-state index in [2.05, 4.69) is 21.3 Å². The summed E-state index contributed by atoms with van der Waals surface area (Å²) in [6.07, 6.45) is 2.37. The summed E-state index contributed by atoms with van der Waals surface area (Å²) >= 11 is 0. The second kappa shape index (κ2) is 17.9. The third kappa shape index (κ3) is 11.1. The number of nitrogens with one attached hydrogen (secondary N) is 4. The van der Waals surface area contributed by atoms with Crippen LogP contribution >= 0.6 is 0 Å². The summed E-state index contributed by atoms with van der Waals surface area (Å²) in [7, 11) is 0. The van der Waals surface area contributed by atoms with E-state index >= 15 is 0 Å². The zero-order valence-electron chi connectivity index (χ0n) is 26.2. The van der Waals surface area contributed by atoms with Gasteiger partial charge in [-0.3, -0.25) is 19.2 Å². The summed E-state index contributed by atoms with van der Waals surface area (Å²) in [5, 5.41) is 20.5. The topological polar surface area (TPSA) is 180 Å². The Morgan fingerprint density at radius 1 is 0.525 bits per heavy atom. The first-order valence-electron chi connectivity index (χ1n) is 14.8. The first-order chi connectivity index (χ1) is 18.6. The Bertz CT molecular complexity index is 851. The van der Waals surface area contributed by atoms with Gasteiger partial charge in [0.1, 0.15) is 24.2 Å². The van der Waals surface area contributed by atoms with Gasteiger partial charge in [0.2, 0.25) is 23.6 Å². The van der Waals surface area contributed by atoms with E-state index in [9.17, 15) is 29.1 Å². The van der Waals surface area contributed by atoms with Crippen molar-refractivity contribution in [3.63, 3.8) is 0 Å². The molecule has 0 radical (unpaired) electrons. The molecule has 0 rings (SSSR count). The summed E-state index contributed by atoms with van der Waals surface area (Å²) in [6.45, 7) is 18.3. The van der Waals surface area contributed by atoms with Crippen LogP contribution in [0.4, 0.5) is 0 Å². The number of carbonyl (C=O) groups excluding carboxylic acids is 4. The Labute approximate surface area is 240 Å². The number of nitrogens with two attached hydrogens (primary N) is 1. The van der Waals surface area contributed by atoms with Crippen LogP contribution in [0.2, 0.25) is 0 Å². The zero-order chi connectivity index (χ0) is 31.3. The molecule has 0 unspecified atom stereocenters. The molecular formula is C29H55N5O6. The van der Waals surface area contributed by atoms with Gasteiger partial charge < -0.3 is 32.1 Å². The van der Waals surface area contributed by atoms with E-state index in [0.717, 1.165) is 0 Å². The maximum atomic E-state index is 13.5. The highest BCUT2D eigenvalue weighted by Crippen LogP contribution is 2.15. The molecule has 0 saturated heterocycles. The van der Waals surface area contributed by atoms with Crippen molar-refractivity contribution >= 4 is 29.6 Å². The number of hydrogen-bond acceptors (Lipinski definition) is 6. The normalized spacial score (nSPS) is 18.2. The van der Waals surface area contributed by atoms with Crippen LogP contribution in [0.3, 0.4) is 0 Å². The minimum atomic E-state index is -1.14. The second-order valence-corrected chi connectivity index (χ2v) is 11.6. The second-order valence-electron chi connectivity index (χ2n) is 11.6. The van der Waals surface area contributed by atoms with Gasteiger partial charge in [-0.05, 0) is 29.6 Å². The van der Waals surface area contributed by atoms with Gasteiger partial charge in [-0.25, -0.2) is 4.79 Å². The largest absolute Gasteiger partial charge is 0.480 e. The van der Waals surface area contributed by atoms with Crippen molar-refractivity contribution in [3.05, 3.63) is 0 Å². The maximum Gasteiger partial charge on any atom is 0.326 e. The van der Waals surface area contributed by atoms with Crippen LogP contribution in [0.25, 0.3) is 0 Å². The van der Waals surface area contributed by atoms with Crippen LogP contribution in [0.15, 0.2) is 0 Å². The minimum absolute atomic E-state index is 0.0702. The summed E-state index contributed by atoms with van der Waals surface area (Å²) in [6, 6.07) is -4.76. The average Bonchev–Trinajstić information content (AvgIpc) is 2.92. The molecule has 0 aromatic rings. The molecule has 0 aromatic carbocycles. The summed E-state index contributed by atoms with van der Waals surface area (Å²) in [4.78, 5) is 64.6. The van der Waals surface area contributed by atoms with Gasteiger partial charge >= 0.3 is 5.97 Å². The standard InChI is InChI=1S/C29H55N5O6/c1-11-16(7)20(30)25(35)31-21(15(5)6)26(36)32-22(17(8)12-2)27(37)33-23(18(9)13-3)28(38)34-24(29(39)40)19(10)14-4/h15-24H,11-14,30H2,1-10H3,(H,31,35)(H,32,36)(H,33,37)(H,34,38)(H,39,40)/t16-,17-,18-,19-,20-,21-,22-,23-,24-/m0/s1. The van der Waals surface area contributed by atoms with Gasteiger partial charge in [0.15, 0.2) is 0 Å². The smallest absolute Gasteiger partial charge is 0.326 e. The van der Waals surface area contributed by atoms with E-state index in [0.29, 0.717) is 25.7 Å². The highest BCUT2D eigenvalue weighted by atomic mass is 16.4. The molecule has 11 heteroatoms. The number of aliphatic carboxylic acids is 1. The van der Waals surface area contributed by atoms with Crippen molar-refractivity contribution in [1.82, 2.24) is 21.3 Å². The predicted molar refractivity (Wildman–Crippen MR) is 156 cm³/mol. The molecule has 7 N–H and O–H groups in total. The molecule has 0 aliphatic carbocycles. The Morgan fingerprint density at radius 3 is 1.15 bits per heavy atom. The van der Waals surface area contributed by atoms with Crippen molar-refractivity contribution in [2.75, 3.05) is 0 Å². The SMILES string of the molecule is CC[C@H](C)[C@H](N)C(=O)N[C@H](C(=O)N[C@H](C(=O)N[C@H](C(=O)N[C@H](C(=O)O)[C@@H](C)CC)[C@@H](C)CC)[C@@H](C)CC)C(C)C. The van der Waals surface area contributed by atoms with E-state index in [1.165, 1.54) is 0 Å². The molecule has 40 heavy (non-hydrogen) atoms. The number of rotatable bonds is 18. The fourth-order valence-corrected chi connectivity index (χ4v) is 4.11. The zero-order valence-corrected chi connectivity index (χ0v) is 26.2. The Morgan fingerprint density at radius 2 is 0.825 bits per heavy atom. The summed E-state index contributed by atoms with van der Waals surface area (Å²) in [5.74, 6) is -4.48. The van der Waals surface area contributed by atoms with Crippen molar-refractivity contribution in [3.8, 4) is 0 Å². The molecule has 232 valence electrons. The highest BCUT2D eigenvalue weighted by Gasteiger charge is 2.36. The lowest BCUT2D eigenvalue weighted by molar-refractivity contribution is -0.144. The average molecular weight is 570 g/mol. The van der Waals surface area contributed by atoms with Gasteiger partial charge in [-0.15, -0.1) is 0 Å². The number of hydrogen-bond donors (Lipinski definition) is 6. The van der Waals surface area contributed by atoms with Gasteiger partial charge in [-0.1, -0.05) is 94.9 Å². The summed E-state index contributed by atoms with van der Waals surface area (Å²) in [5.41, 5.74) is 6.06. The molecule has 4 amide bonds. The Hall–Kier alpha value is -2.69. The molecular weight excluding hydrogens is 514 g/mol.